The van der Waals surface area contributed by atoms with E-state index >= 15 is 0 Å². The highest BCUT2D eigenvalue weighted by Crippen LogP contribution is 2.35. The number of nitrogens with zero attached hydrogens (tertiary/aromatic N) is 3. The van der Waals surface area contributed by atoms with Crippen molar-refractivity contribution in [3.05, 3.63) is 24.0 Å². The average Bonchev–Trinajstić information content (AvgIpc) is 3.06. The van der Waals surface area contributed by atoms with Gasteiger partial charge in [-0.2, -0.15) is 5.10 Å². The second kappa shape index (κ2) is 4.16. The number of aryl methyl sites for hydroxylation is 1. The third-order valence-electron chi connectivity index (χ3n) is 3.17. The normalized spacial score (nSPS) is 14.8. The average molecular weight is 239 g/mol. The summed E-state index contributed by atoms with van der Waals surface area (Å²) in [7, 11) is 7.53. The molecule has 1 aromatic heterocycles. The van der Waals surface area contributed by atoms with Crippen LogP contribution in [-0.2, 0) is 0 Å². The SMILES string of the molecule is [B]c1cc(C)c(OC)c(-c2ncn(C3CC3)n2)c1. The van der Waals surface area contributed by atoms with Crippen LogP contribution in [0.2, 0.25) is 0 Å². The van der Waals surface area contributed by atoms with E-state index in [4.69, 9.17) is 12.6 Å². The van der Waals surface area contributed by atoms with Crippen LogP contribution in [-0.4, -0.2) is 29.7 Å². The van der Waals surface area contributed by atoms with E-state index < -0.39 is 0 Å². The minimum absolute atomic E-state index is 0.527. The third-order valence-corrected chi connectivity index (χ3v) is 3.17. The number of aromatic nitrogens is 3. The first kappa shape index (κ1) is 11.3. The lowest BCUT2D eigenvalue weighted by atomic mass is 9.91. The molecule has 0 unspecified atom stereocenters. The second-order valence-corrected chi connectivity index (χ2v) is 4.70. The van der Waals surface area contributed by atoms with E-state index in [2.05, 4.69) is 10.1 Å². The van der Waals surface area contributed by atoms with Crippen molar-refractivity contribution >= 4 is 13.3 Å². The lowest BCUT2D eigenvalue weighted by molar-refractivity contribution is 0.413. The predicted molar refractivity (Wildman–Crippen MR) is 70.4 cm³/mol. The van der Waals surface area contributed by atoms with Gasteiger partial charge >= 0.3 is 0 Å². The van der Waals surface area contributed by atoms with Gasteiger partial charge in [0.2, 0.25) is 0 Å². The Morgan fingerprint density at radius 3 is 2.83 bits per heavy atom. The standard InChI is InChI=1S/C13H14BN3O/c1-8-5-9(14)6-11(12(8)18-2)13-15-7-17(16-13)10-3-4-10/h5-7,10H,3-4H2,1-2H3. The Kier molecular flexibility index (Phi) is 2.61. The summed E-state index contributed by atoms with van der Waals surface area (Å²) in [5.41, 5.74) is 2.55. The monoisotopic (exact) mass is 239 g/mol. The van der Waals surface area contributed by atoms with E-state index in [0.29, 0.717) is 17.3 Å². The number of hydrogen-bond donors (Lipinski definition) is 0. The molecule has 1 saturated carbocycles. The van der Waals surface area contributed by atoms with Gasteiger partial charge in [-0.15, -0.1) is 0 Å². The molecule has 1 aliphatic carbocycles. The maximum Gasteiger partial charge on any atom is 0.184 e. The number of rotatable bonds is 3. The van der Waals surface area contributed by atoms with Crippen molar-refractivity contribution in [3.63, 3.8) is 0 Å². The fourth-order valence-corrected chi connectivity index (χ4v) is 2.15. The van der Waals surface area contributed by atoms with E-state index in [9.17, 15) is 0 Å². The molecule has 90 valence electrons. The molecular weight excluding hydrogens is 225 g/mol. The van der Waals surface area contributed by atoms with Gasteiger partial charge in [-0.3, -0.25) is 0 Å². The van der Waals surface area contributed by atoms with Gasteiger partial charge in [0.1, 0.15) is 19.9 Å². The molecule has 0 aliphatic heterocycles. The van der Waals surface area contributed by atoms with Gasteiger partial charge < -0.3 is 4.74 Å². The third kappa shape index (κ3) is 1.90. The van der Waals surface area contributed by atoms with Gasteiger partial charge in [0.05, 0.1) is 18.7 Å². The summed E-state index contributed by atoms with van der Waals surface area (Å²) in [5.74, 6) is 1.46. The van der Waals surface area contributed by atoms with Crippen LogP contribution in [0, 0.1) is 6.92 Å². The summed E-state index contributed by atoms with van der Waals surface area (Å²) in [6.45, 7) is 1.97. The quantitative estimate of drug-likeness (QED) is 0.760. The highest BCUT2D eigenvalue weighted by atomic mass is 16.5. The molecule has 0 atom stereocenters. The fourth-order valence-electron chi connectivity index (χ4n) is 2.15. The summed E-state index contributed by atoms with van der Waals surface area (Å²) in [4.78, 5) is 4.35. The van der Waals surface area contributed by atoms with Crippen molar-refractivity contribution in [2.24, 2.45) is 0 Å². The summed E-state index contributed by atoms with van der Waals surface area (Å²) in [6.07, 6.45) is 4.16. The van der Waals surface area contributed by atoms with Crippen molar-refractivity contribution in [3.8, 4) is 17.1 Å². The highest BCUT2D eigenvalue weighted by molar-refractivity contribution is 6.32. The Labute approximate surface area is 107 Å². The molecule has 0 bridgehead atoms. The van der Waals surface area contributed by atoms with Gasteiger partial charge in [0, 0.05) is 0 Å². The molecule has 18 heavy (non-hydrogen) atoms. The molecule has 0 spiro atoms. The Bertz CT molecular complexity index is 590. The molecule has 4 nitrogen and oxygen atoms in total. The van der Waals surface area contributed by atoms with Crippen LogP contribution in [0.15, 0.2) is 18.5 Å². The van der Waals surface area contributed by atoms with Crippen LogP contribution in [0.4, 0.5) is 0 Å². The molecule has 0 N–H and O–H groups in total. The van der Waals surface area contributed by atoms with Crippen LogP contribution in [0.1, 0.15) is 24.4 Å². The van der Waals surface area contributed by atoms with Gasteiger partial charge in [0.25, 0.3) is 0 Å². The van der Waals surface area contributed by atoms with Crippen LogP contribution >= 0.6 is 0 Å². The van der Waals surface area contributed by atoms with Gasteiger partial charge in [0.15, 0.2) is 5.82 Å². The number of benzene rings is 1. The van der Waals surface area contributed by atoms with E-state index in [1.807, 2.05) is 23.7 Å². The van der Waals surface area contributed by atoms with Crippen LogP contribution < -0.4 is 10.2 Å². The van der Waals surface area contributed by atoms with Crippen molar-refractivity contribution in [2.75, 3.05) is 7.11 Å². The Morgan fingerprint density at radius 2 is 2.17 bits per heavy atom. The molecule has 3 rings (SSSR count). The summed E-state index contributed by atoms with van der Waals surface area (Å²) >= 11 is 0. The van der Waals surface area contributed by atoms with E-state index in [1.165, 1.54) is 12.8 Å². The van der Waals surface area contributed by atoms with E-state index in [-0.39, 0.29) is 0 Å². The Balaban J connectivity index is 2.08. The minimum atomic E-state index is 0.527. The molecule has 1 aliphatic rings. The second-order valence-electron chi connectivity index (χ2n) is 4.70. The molecule has 2 radical (unpaired) electrons. The van der Waals surface area contributed by atoms with Gasteiger partial charge in [-0.1, -0.05) is 17.6 Å². The van der Waals surface area contributed by atoms with Crippen LogP contribution in [0.5, 0.6) is 5.75 Å². The molecular formula is C13H14BN3O. The molecule has 5 heteroatoms. The lowest BCUT2D eigenvalue weighted by Gasteiger charge is -2.10. The fraction of sp³-hybridized carbons (Fsp3) is 0.385. The Morgan fingerprint density at radius 1 is 1.39 bits per heavy atom. The minimum Gasteiger partial charge on any atom is -0.496 e. The first-order chi connectivity index (χ1) is 8.69. The van der Waals surface area contributed by atoms with Gasteiger partial charge in [-0.05, 0) is 25.3 Å². The maximum absolute atomic E-state index is 5.88. The van der Waals surface area contributed by atoms with Crippen molar-refractivity contribution in [1.29, 1.82) is 0 Å². The number of hydrogen-bond acceptors (Lipinski definition) is 3. The molecule has 0 saturated heterocycles. The van der Waals surface area contributed by atoms with Crippen LogP contribution in [0.25, 0.3) is 11.4 Å². The summed E-state index contributed by atoms with van der Waals surface area (Å²) in [5, 5.41) is 4.50. The Hall–Kier alpha value is -1.78. The molecule has 1 heterocycles. The zero-order valence-corrected chi connectivity index (χ0v) is 10.6. The zero-order chi connectivity index (χ0) is 12.7. The smallest absolute Gasteiger partial charge is 0.184 e. The van der Waals surface area contributed by atoms with E-state index in [1.54, 1.807) is 13.4 Å². The predicted octanol–water partition coefficient (Wildman–Crippen LogP) is 1.39. The first-order valence-corrected chi connectivity index (χ1v) is 6.04. The molecule has 1 fully saturated rings. The molecule has 1 aromatic carbocycles. The van der Waals surface area contributed by atoms with Crippen molar-refractivity contribution < 1.29 is 4.74 Å². The largest absolute Gasteiger partial charge is 0.496 e. The maximum atomic E-state index is 5.88. The van der Waals surface area contributed by atoms with Crippen LogP contribution in [0.3, 0.4) is 0 Å². The zero-order valence-electron chi connectivity index (χ0n) is 10.6. The number of methoxy groups -OCH3 is 1. The molecule has 2 aromatic rings. The topological polar surface area (TPSA) is 39.9 Å². The first-order valence-electron chi connectivity index (χ1n) is 6.04. The highest BCUT2D eigenvalue weighted by Gasteiger charge is 2.25. The van der Waals surface area contributed by atoms with Crippen molar-refractivity contribution in [1.82, 2.24) is 14.8 Å². The van der Waals surface area contributed by atoms with Crippen molar-refractivity contribution in [2.45, 2.75) is 25.8 Å². The van der Waals surface area contributed by atoms with Gasteiger partial charge in [-0.25, -0.2) is 9.67 Å². The summed E-state index contributed by atoms with van der Waals surface area (Å²) in [6, 6.07) is 4.28. The summed E-state index contributed by atoms with van der Waals surface area (Å²) < 4.78 is 7.35. The number of ether oxygens (including phenoxy) is 1. The van der Waals surface area contributed by atoms with E-state index in [0.717, 1.165) is 16.9 Å². The molecule has 0 amide bonds. The lowest BCUT2D eigenvalue weighted by Crippen LogP contribution is -2.06.